The average molecular weight is 205 g/mol. The van der Waals surface area contributed by atoms with Crippen LogP contribution in [0, 0.1) is 0 Å². The van der Waals surface area contributed by atoms with Crippen LogP contribution in [-0.4, -0.2) is 35.6 Å². The van der Waals surface area contributed by atoms with Gasteiger partial charge in [0, 0.05) is 38.1 Å². The maximum Gasteiger partial charge on any atom is 0.0312 e. The van der Waals surface area contributed by atoms with E-state index in [0.29, 0.717) is 6.04 Å². The Morgan fingerprint density at radius 3 is 3.33 bits per heavy atom. The molecule has 1 aliphatic heterocycles. The molecule has 3 heteroatoms. The molecule has 1 saturated heterocycles. The van der Waals surface area contributed by atoms with E-state index in [0.717, 1.165) is 19.6 Å². The molecule has 0 saturated carbocycles. The molecule has 0 aliphatic carbocycles. The SMILES string of the molecule is CC1CNCCCN1Cc1cccnc1. The maximum atomic E-state index is 4.16. The minimum atomic E-state index is 0.618. The Morgan fingerprint density at radius 2 is 2.53 bits per heavy atom. The van der Waals surface area contributed by atoms with Gasteiger partial charge in [-0.25, -0.2) is 0 Å². The lowest BCUT2D eigenvalue weighted by atomic mass is 10.2. The zero-order chi connectivity index (χ0) is 10.5. The van der Waals surface area contributed by atoms with Crippen LogP contribution in [0.15, 0.2) is 24.5 Å². The highest BCUT2D eigenvalue weighted by Gasteiger charge is 2.16. The fourth-order valence-corrected chi connectivity index (χ4v) is 2.03. The first-order valence-corrected chi connectivity index (χ1v) is 5.70. The van der Waals surface area contributed by atoms with Gasteiger partial charge in [-0.15, -0.1) is 0 Å². The largest absolute Gasteiger partial charge is 0.315 e. The number of nitrogens with one attached hydrogen (secondary N) is 1. The summed E-state index contributed by atoms with van der Waals surface area (Å²) in [7, 11) is 0. The van der Waals surface area contributed by atoms with Crippen molar-refractivity contribution in [3.05, 3.63) is 30.1 Å². The highest BCUT2D eigenvalue weighted by Crippen LogP contribution is 2.09. The van der Waals surface area contributed by atoms with Gasteiger partial charge in [0.05, 0.1) is 0 Å². The summed E-state index contributed by atoms with van der Waals surface area (Å²) in [5.74, 6) is 0. The first-order valence-electron chi connectivity index (χ1n) is 5.70. The van der Waals surface area contributed by atoms with E-state index >= 15 is 0 Å². The molecule has 1 fully saturated rings. The first-order chi connectivity index (χ1) is 7.36. The lowest BCUT2D eigenvalue weighted by molar-refractivity contribution is 0.213. The lowest BCUT2D eigenvalue weighted by Crippen LogP contribution is -2.36. The minimum absolute atomic E-state index is 0.618. The fraction of sp³-hybridized carbons (Fsp3) is 0.583. The molecule has 0 bridgehead atoms. The maximum absolute atomic E-state index is 4.16. The second-order valence-corrected chi connectivity index (χ2v) is 4.24. The molecule has 0 aromatic carbocycles. The van der Waals surface area contributed by atoms with Gasteiger partial charge in [-0.1, -0.05) is 6.07 Å². The van der Waals surface area contributed by atoms with Crippen molar-refractivity contribution in [2.75, 3.05) is 19.6 Å². The standard InChI is InChI=1S/C12H19N3/c1-11-8-13-6-3-7-15(11)10-12-4-2-5-14-9-12/h2,4-5,9,11,13H,3,6-8,10H2,1H3. The summed E-state index contributed by atoms with van der Waals surface area (Å²) in [6.45, 7) is 6.74. The van der Waals surface area contributed by atoms with Gasteiger partial charge in [0.15, 0.2) is 0 Å². The van der Waals surface area contributed by atoms with Gasteiger partial charge in [0.2, 0.25) is 0 Å². The van der Waals surface area contributed by atoms with Crippen LogP contribution in [0.1, 0.15) is 18.9 Å². The molecule has 15 heavy (non-hydrogen) atoms. The van der Waals surface area contributed by atoms with Gasteiger partial charge < -0.3 is 5.32 Å². The molecule has 3 nitrogen and oxygen atoms in total. The van der Waals surface area contributed by atoms with E-state index in [1.54, 1.807) is 0 Å². The van der Waals surface area contributed by atoms with E-state index in [4.69, 9.17) is 0 Å². The molecular weight excluding hydrogens is 186 g/mol. The molecule has 2 rings (SSSR count). The number of rotatable bonds is 2. The van der Waals surface area contributed by atoms with Crippen LogP contribution in [0.3, 0.4) is 0 Å². The zero-order valence-corrected chi connectivity index (χ0v) is 9.32. The molecule has 1 aliphatic rings. The third-order valence-corrected chi connectivity index (χ3v) is 2.97. The van der Waals surface area contributed by atoms with Crippen molar-refractivity contribution in [2.24, 2.45) is 0 Å². The van der Waals surface area contributed by atoms with E-state index in [-0.39, 0.29) is 0 Å². The fourth-order valence-electron chi connectivity index (χ4n) is 2.03. The number of nitrogens with zero attached hydrogens (tertiary/aromatic N) is 2. The molecule has 0 amide bonds. The highest BCUT2D eigenvalue weighted by atomic mass is 15.2. The molecule has 2 heterocycles. The summed E-state index contributed by atoms with van der Waals surface area (Å²) >= 11 is 0. The molecule has 0 spiro atoms. The minimum Gasteiger partial charge on any atom is -0.315 e. The van der Waals surface area contributed by atoms with E-state index < -0.39 is 0 Å². The molecule has 0 radical (unpaired) electrons. The quantitative estimate of drug-likeness (QED) is 0.788. The topological polar surface area (TPSA) is 28.2 Å². The Hall–Kier alpha value is -0.930. The number of hydrogen-bond acceptors (Lipinski definition) is 3. The third kappa shape index (κ3) is 3.01. The molecule has 1 N–H and O–H groups in total. The van der Waals surface area contributed by atoms with E-state index in [2.05, 4.69) is 28.2 Å². The molecule has 1 aromatic heterocycles. The van der Waals surface area contributed by atoms with Gasteiger partial charge in [0.1, 0.15) is 0 Å². The van der Waals surface area contributed by atoms with Crippen molar-refractivity contribution in [1.29, 1.82) is 0 Å². The van der Waals surface area contributed by atoms with Crippen LogP contribution in [0.2, 0.25) is 0 Å². The average Bonchev–Trinajstić information content (AvgIpc) is 2.46. The Labute approximate surface area is 91.5 Å². The van der Waals surface area contributed by atoms with E-state index in [9.17, 15) is 0 Å². The Kier molecular flexibility index (Phi) is 3.69. The molecule has 1 aromatic rings. The monoisotopic (exact) mass is 205 g/mol. The van der Waals surface area contributed by atoms with E-state index in [1.165, 1.54) is 18.5 Å². The summed E-state index contributed by atoms with van der Waals surface area (Å²) in [6, 6.07) is 4.78. The van der Waals surface area contributed by atoms with Crippen molar-refractivity contribution in [2.45, 2.75) is 25.9 Å². The molecule has 82 valence electrons. The normalized spacial score (nSPS) is 23.7. The van der Waals surface area contributed by atoms with Crippen LogP contribution >= 0.6 is 0 Å². The second-order valence-electron chi connectivity index (χ2n) is 4.24. The van der Waals surface area contributed by atoms with Crippen LogP contribution in [0.4, 0.5) is 0 Å². The lowest BCUT2D eigenvalue weighted by Gasteiger charge is -2.26. The summed E-state index contributed by atoms with van der Waals surface area (Å²) < 4.78 is 0. The van der Waals surface area contributed by atoms with Crippen LogP contribution in [-0.2, 0) is 6.54 Å². The summed E-state index contributed by atoms with van der Waals surface area (Å²) in [5.41, 5.74) is 1.31. The molecule has 1 atom stereocenters. The van der Waals surface area contributed by atoms with Crippen molar-refractivity contribution < 1.29 is 0 Å². The summed E-state index contributed by atoms with van der Waals surface area (Å²) in [6.07, 6.45) is 5.03. The number of hydrogen-bond donors (Lipinski definition) is 1. The Balaban J connectivity index is 1.97. The molecule has 1 unspecified atom stereocenters. The zero-order valence-electron chi connectivity index (χ0n) is 9.32. The Morgan fingerprint density at radius 1 is 1.60 bits per heavy atom. The Bertz CT molecular complexity index is 286. The predicted octanol–water partition coefficient (Wildman–Crippen LogP) is 1.27. The first kappa shape index (κ1) is 10.6. The smallest absolute Gasteiger partial charge is 0.0312 e. The van der Waals surface area contributed by atoms with Crippen molar-refractivity contribution >= 4 is 0 Å². The van der Waals surface area contributed by atoms with E-state index in [1.807, 2.05) is 18.5 Å². The summed E-state index contributed by atoms with van der Waals surface area (Å²) in [4.78, 5) is 6.68. The number of aromatic nitrogens is 1. The second kappa shape index (κ2) is 5.24. The van der Waals surface area contributed by atoms with Crippen LogP contribution in [0.25, 0.3) is 0 Å². The highest BCUT2D eigenvalue weighted by molar-refractivity contribution is 5.08. The number of pyridine rings is 1. The van der Waals surface area contributed by atoms with Crippen molar-refractivity contribution in [3.63, 3.8) is 0 Å². The van der Waals surface area contributed by atoms with Gasteiger partial charge in [-0.05, 0) is 31.5 Å². The third-order valence-electron chi connectivity index (χ3n) is 2.97. The summed E-state index contributed by atoms with van der Waals surface area (Å²) in [5, 5.41) is 3.46. The van der Waals surface area contributed by atoms with Crippen molar-refractivity contribution in [3.8, 4) is 0 Å². The van der Waals surface area contributed by atoms with Gasteiger partial charge in [-0.2, -0.15) is 0 Å². The van der Waals surface area contributed by atoms with Crippen molar-refractivity contribution in [1.82, 2.24) is 15.2 Å². The van der Waals surface area contributed by atoms with Gasteiger partial charge in [-0.3, -0.25) is 9.88 Å². The predicted molar refractivity (Wildman–Crippen MR) is 61.6 cm³/mol. The molecular formula is C12H19N3. The van der Waals surface area contributed by atoms with Crippen LogP contribution in [0.5, 0.6) is 0 Å². The van der Waals surface area contributed by atoms with Gasteiger partial charge in [0.25, 0.3) is 0 Å². The van der Waals surface area contributed by atoms with Gasteiger partial charge >= 0.3 is 0 Å². The van der Waals surface area contributed by atoms with Crippen LogP contribution < -0.4 is 5.32 Å².